The van der Waals surface area contributed by atoms with Crippen LogP contribution in [0.3, 0.4) is 0 Å². The van der Waals surface area contributed by atoms with Crippen molar-refractivity contribution in [2.45, 2.75) is 58.0 Å². The highest BCUT2D eigenvalue weighted by atomic mass is 16.2. The topological polar surface area (TPSA) is 83.1 Å². The number of benzene rings is 1. The maximum absolute atomic E-state index is 12.6. The number of nitrogens with one attached hydrogen (secondary N) is 3. The molecule has 0 atom stereocenters. The zero-order chi connectivity index (χ0) is 21.1. The highest BCUT2D eigenvalue weighted by Gasteiger charge is 2.38. The van der Waals surface area contributed by atoms with Crippen LogP contribution in [0.15, 0.2) is 48.8 Å². The monoisotopic (exact) mass is 394 g/mol. The van der Waals surface area contributed by atoms with Crippen molar-refractivity contribution >= 4 is 23.2 Å². The van der Waals surface area contributed by atoms with Crippen LogP contribution in [0.5, 0.6) is 0 Å². The number of aromatic nitrogens is 1. The van der Waals surface area contributed by atoms with Crippen molar-refractivity contribution in [1.29, 1.82) is 0 Å². The molecule has 0 unspecified atom stereocenters. The first kappa shape index (κ1) is 21.0. The predicted molar refractivity (Wildman–Crippen MR) is 116 cm³/mol. The quantitative estimate of drug-likeness (QED) is 0.709. The lowest BCUT2D eigenvalue weighted by molar-refractivity contribution is -0.117. The molecule has 3 N–H and O–H groups in total. The number of hydrogen-bond donors (Lipinski definition) is 3. The van der Waals surface area contributed by atoms with Crippen molar-refractivity contribution in [3.8, 4) is 0 Å². The minimum Gasteiger partial charge on any atom is -0.326 e. The molecule has 6 nitrogen and oxygen atoms in total. The number of anilines is 2. The molecule has 1 aromatic heterocycles. The second-order valence-corrected chi connectivity index (χ2v) is 9.20. The predicted octanol–water partition coefficient (Wildman–Crippen LogP) is 4.22. The van der Waals surface area contributed by atoms with Gasteiger partial charge in [-0.2, -0.15) is 0 Å². The first-order valence-electron chi connectivity index (χ1n) is 10.0. The fraction of sp³-hybridized carbons (Fsp3) is 0.435. The average Bonchev–Trinajstić information content (AvgIpc) is 2.59. The van der Waals surface area contributed by atoms with Crippen molar-refractivity contribution in [1.82, 2.24) is 10.3 Å². The third-order valence-corrected chi connectivity index (χ3v) is 5.08. The smallest absolute Gasteiger partial charge is 0.257 e. The number of piperidine rings is 1. The Morgan fingerprint density at radius 2 is 1.69 bits per heavy atom. The lowest BCUT2D eigenvalue weighted by Gasteiger charge is -2.46. The highest BCUT2D eigenvalue weighted by Crippen LogP contribution is 2.34. The van der Waals surface area contributed by atoms with E-state index in [2.05, 4.69) is 48.6 Å². The summed E-state index contributed by atoms with van der Waals surface area (Å²) in [6.07, 6.45) is 5.55. The fourth-order valence-electron chi connectivity index (χ4n) is 4.53. The van der Waals surface area contributed by atoms with E-state index in [9.17, 15) is 9.59 Å². The van der Waals surface area contributed by atoms with E-state index in [1.54, 1.807) is 30.5 Å². The lowest BCUT2D eigenvalue weighted by Crippen LogP contribution is -2.58. The second-order valence-electron chi connectivity index (χ2n) is 9.20. The number of rotatable bonds is 5. The Hall–Kier alpha value is -2.73. The minimum absolute atomic E-state index is 0.000707. The van der Waals surface area contributed by atoms with Gasteiger partial charge in [0.2, 0.25) is 5.91 Å². The summed E-state index contributed by atoms with van der Waals surface area (Å²) in [5.41, 5.74) is 1.82. The van der Waals surface area contributed by atoms with E-state index in [4.69, 9.17) is 0 Å². The normalized spacial score (nSPS) is 18.1. The molecule has 3 rings (SSSR count). The van der Waals surface area contributed by atoms with Crippen LogP contribution >= 0.6 is 0 Å². The number of carbonyl (C=O) groups is 2. The molecule has 0 radical (unpaired) electrons. The number of amides is 2. The molecule has 1 aliphatic heterocycles. The molecule has 0 spiro atoms. The van der Waals surface area contributed by atoms with Crippen LogP contribution in [0.1, 0.15) is 57.3 Å². The number of nitrogens with zero attached hydrogens (tertiary/aromatic N) is 1. The molecular formula is C23H30N4O2. The number of carbonyl (C=O) groups excluding carboxylic acids is 2. The van der Waals surface area contributed by atoms with Gasteiger partial charge in [-0.05, 0) is 76.8 Å². The van der Waals surface area contributed by atoms with Gasteiger partial charge in [0.1, 0.15) is 0 Å². The van der Waals surface area contributed by atoms with E-state index in [1.807, 2.05) is 12.1 Å². The van der Waals surface area contributed by atoms with E-state index >= 15 is 0 Å². The summed E-state index contributed by atoms with van der Waals surface area (Å²) in [5.74, 6) is 0.0923. The van der Waals surface area contributed by atoms with Crippen LogP contribution in [0.25, 0.3) is 0 Å². The fourth-order valence-corrected chi connectivity index (χ4v) is 4.53. The summed E-state index contributed by atoms with van der Waals surface area (Å²) >= 11 is 0. The van der Waals surface area contributed by atoms with Crippen LogP contribution in [-0.4, -0.2) is 27.9 Å². The standard InChI is InChI=1S/C23H30N4O2/c1-22(2)13-16(14-23(3,4)27-22)11-20(28)25-18-8-5-9-19(12-18)26-21(29)17-7-6-10-24-15-17/h5-10,12,15-16,27H,11,13-14H2,1-4H3,(H,25,28)(H,26,29). The Morgan fingerprint density at radius 3 is 2.31 bits per heavy atom. The first-order chi connectivity index (χ1) is 13.6. The van der Waals surface area contributed by atoms with Crippen LogP contribution in [0.4, 0.5) is 11.4 Å². The summed E-state index contributed by atoms with van der Waals surface area (Å²) in [6, 6.07) is 10.6. The molecule has 1 aliphatic rings. The number of pyridine rings is 1. The maximum Gasteiger partial charge on any atom is 0.257 e. The van der Waals surface area contributed by atoms with Crippen LogP contribution in [0.2, 0.25) is 0 Å². The van der Waals surface area contributed by atoms with E-state index in [1.165, 1.54) is 6.20 Å². The highest BCUT2D eigenvalue weighted by molar-refractivity contribution is 6.04. The van der Waals surface area contributed by atoms with Gasteiger partial charge in [0.25, 0.3) is 5.91 Å². The Balaban J connectivity index is 1.60. The summed E-state index contributed by atoms with van der Waals surface area (Å²) in [6.45, 7) is 8.75. The van der Waals surface area contributed by atoms with E-state index < -0.39 is 0 Å². The number of hydrogen-bond acceptors (Lipinski definition) is 4. The Labute approximate surface area is 172 Å². The molecule has 154 valence electrons. The zero-order valence-corrected chi connectivity index (χ0v) is 17.6. The minimum atomic E-state index is -0.235. The largest absolute Gasteiger partial charge is 0.326 e. The molecule has 29 heavy (non-hydrogen) atoms. The van der Waals surface area contributed by atoms with Gasteiger partial charge in [-0.15, -0.1) is 0 Å². The zero-order valence-electron chi connectivity index (χ0n) is 17.6. The van der Waals surface area contributed by atoms with Gasteiger partial charge < -0.3 is 16.0 Å². The van der Waals surface area contributed by atoms with Crippen molar-refractivity contribution in [3.05, 3.63) is 54.4 Å². The van der Waals surface area contributed by atoms with Crippen molar-refractivity contribution in [2.75, 3.05) is 10.6 Å². The van der Waals surface area contributed by atoms with Gasteiger partial charge >= 0.3 is 0 Å². The summed E-state index contributed by atoms with van der Waals surface area (Å²) in [7, 11) is 0. The van der Waals surface area contributed by atoms with Gasteiger partial charge in [-0.1, -0.05) is 6.07 Å². The molecule has 2 amide bonds. The summed E-state index contributed by atoms with van der Waals surface area (Å²) in [4.78, 5) is 28.9. The van der Waals surface area contributed by atoms with Gasteiger partial charge in [0.05, 0.1) is 5.56 Å². The van der Waals surface area contributed by atoms with Crippen molar-refractivity contribution in [2.24, 2.45) is 5.92 Å². The molecule has 6 heteroatoms. The third-order valence-electron chi connectivity index (χ3n) is 5.08. The maximum atomic E-state index is 12.6. The van der Waals surface area contributed by atoms with Crippen LogP contribution in [-0.2, 0) is 4.79 Å². The average molecular weight is 395 g/mol. The molecule has 1 fully saturated rings. The Bertz CT molecular complexity index is 861. The van der Waals surface area contributed by atoms with E-state index in [0.29, 0.717) is 29.3 Å². The van der Waals surface area contributed by atoms with E-state index in [0.717, 1.165) is 12.8 Å². The van der Waals surface area contributed by atoms with Gasteiger partial charge in [0, 0.05) is 41.3 Å². The van der Waals surface area contributed by atoms with Crippen molar-refractivity contribution < 1.29 is 9.59 Å². The molecule has 0 bridgehead atoms. The van der Waals surface area contributed by atoms with Crippen LogP contribution < -0.4 is 16.0 Å². The van der Waals surface area contributed by atoms with Gasteiger partial charge in [0.15, 0.2) is 0 Å². The Morgan fingerprint density at radius 1 is 1.03 bits per heavy atom. The molecule has 0 aliphatic carbocycles. The molecule has 1 aromatic carbocycles. The SMILES string of the molecule is CC1(C)CC(CC(=O)Nc2cccc(NC(=O)c3cccnc3)c2)CC(C)(C)N1. The molecule has 0 saturated carbocycles. The van der Waals surface area contributed by atoms with Gasteiger partial charge in [-0.25, -0.2) is 0 Å². The molecule has 1 saturated heterocycles. The molecular weight excluding hydrogens is 364 g/mol. The summed E-state index contributed by atoms with van der Waals surface area (Å²) < 4.78 is 0. The first-order valence-corrected chi connectivity index (χ1v) is 10.0. The van der Waals surface area contributed by atoms with Gasteiger partial charge in [-0.3, -0.25) is 14.6 Å². The van der Waals surface area contributed by atoms with Crippen LogP contribution in [0, 0.1) is 5.92 Å². The lowest BCUT2D eigenvalue weighted by atomic mass is 9.74. The van der Waals surface area contributed by atoms with Crippen molar-refractivity contribution in [3.63, 3.8) is 0 Å². The molecule has 2 heterocycles. The summed E-state index contributed by atoms with van der Waals surface area (Å²) in [5, 5.41) is 9.46. The molecule has 2 aromatic rings. The van der Waals surface area contributed by atoms with E-state index in [-0.39, 0.29) is 22.9 Å². The third kappa shape index (κ3) is 6.12. The second kappa shape index (κ2) is 8.33. The Kier molecular flexibility index (Phi) is 6.03.